The summed E-state index contributed by atoms with van der Waals surface area (Å²) in [6, 6.07) is 16.0. The highest BCUT2D eigenvalue weighted by Crippen LogP contribution is 2.28. The van der Waals surface area contributed by atoms with Gasteiger partial charge in [0.15, 0.2) is 0 Å². The predicted octanol–water partition coefficient (Wildman–Crippen LogP) is 4.48. The second-order valence-corrected chi connectivity index (χ2v) is 3.89. The highest BCUT2D eigenvalue weighted by Gasteiger charge is 2.11. The number of carbonyl (C=O) groups excluding carboxylic acids is 1. The van der Waals surface area contributed by atoms with E-state index >= 15 is 0 Å². The Bertz CT molecular complexity index is 641. The van der Waals surface area contributed by atoms with Gasteiger partial charge in [-0.15, -0.1) is 0 Å². The topological polar surface area (TPSA) is 22.0 Å². The van der Waals surface area contributed by atoms with Gasteiger partial charge < -0.3 is 0 Å². The molecule has 2 aromatic carbocycles. The molecule has 0 aliphatic rings. The Kier molecular flexibility index (Phi) is 3.47. The summed E-state index contributed by atoms with van der Waals surface area (Å²) in [7, 11) is 0. The molecule has 1 aromatic heterocycles. The van der Waals surface area contributed by atoms with Gasteiger partial charge in [0, 0.05) is 17.7 Å². The second kappa shape index (κ2) is 5.05. The summed E-state index contributed by atoms with van der Waals surface area (Å²) in [5.74, 6) is 0.0531. The van der Waals surface area contributed by atoms with Gasteiger partial charge in [-0.3, -0.25) is 9.36 Å². The van der Waals surface area contributed by atoms with Gasteiger partial charge in [0.25, 0.3) is 0 Å². The first-order valence-corrected chi connectivity index (χ1v) is 6.28. The zero-order chi connectivity index (χ0) is 13.1. The molecule has 0 saturated carbocycles. The molecular formula is C16H17NO. The van der Waals surface area contributed by atoms with Crippen molar-refractivity contribution >= 4 is 27.7 Å². The Hall–Kier alpha value is -2.09. The van der Waals surface area contributed by atoms with Crippen LogP contribution in [0.1, 0.15) is 25.6 Å². The average molecular weight is 239 g/mol. The van der Waals surface area contributed by atoms with E-state index in [1.165, 1.54) is 0 Å². The Labute approximate surface area is 107 Å². The summed E-state index contributed by atoms with van der Waals surface area (Å²) < 4.78 is 1.77. The number of aromatic nitrogens is 1. The van der Waals surface area contributed by atoms with Crippen molar-refractivity contribution in [2.24, 2.45) is 0 Å². The standard InChI is InChI=1S/C14H11NO.C2H6/c1-10(16)15-13-8-4-2-6-11(13)12-7-3-5-9-14(12)15;1-2/h2-9H,1H3;1-2H3. The van der Waals surface area contributed by atoms with Gasteiger partial charge in [-0.25, -0.2) is 0 Å². The van der Waals surface area contributed by atoms with Gasteiger partial charge in [-0.1, -0.05) is 50.2 Å². The summed E-state index contributed by atoms with van der Waals surface area (Å²) in [6.45, 7) is 5.60. The molecule has 1 heterocycles. The van der Waals surface area contributed by atoms with Gasteiger partial charge in [-0.2, -0.15) is 0 Å². The summed E-state index contributed by atoms with van der Waals surface area (Å²) in [6.07, 6.45) is 0. The van der Waals surface area contributed by atoms with Gasteiger partial charge in [-0.05, 0) is 12.1 Å². The Morgan fingerprint density at radius 2 is 1.22 bits per heavy atom. The van der Waals surface area contributed by atoms with Crippen LogP contribution in [0, 0.1) is 0 Å². The third-order valence-electron chi connectivity index (χ3n) is 2.89. The van der Waals surface area contributed by atoms with Crippen molar-refractivity contribution < 1.29 is 4.79 Å². The van der Waals surface area contributed by atoms with Crippen LogP contribution in [0.4, 0.5) is 0 Å². The lowest BCUT2D eigenvalue weighted by atomic mass is 10.2. The minimum atomic E-state index is 0.0531. The number of rotatable bonds is 0. The van der Waals surface area contributed by atoms with Crippen molar-refractivity contribution in [1.82, 2.24) is 4.57 Å². The minimum Gasteiger partial charge on any atom is -0.280 e. The molecule has 0 N–H and O–H groups in total. The number of hydrogen-bond donors (Lipinski definition) is 0. The van der Waals surface area contributed by atoms with Crippen molar-refractivity contribution in [3.05, 3.63) is 48.5 Å². The van der Waals surface area contributed by atoms with Crippen molar-refractivity contribution in [3.8, 4) is 0 Å². The SMILES string of the molecule is CC.CC(=O)n1c2ccccc2c2ccccc21. The van der Waals surface area contributed by atoms with Crippen LogP contribution in [0.5, 0.6) is 0 Å². The van der Waals surface area contributed by atoms with E-state index in [2.05, 4.69) is 12.1 Å². The third kappa shape index (κ3) is 1.80. The maximum atomic E-state index is 11.7. The molecule has 3 rings (SSSR count). The fraction of sp³-hybridized carbons (Fsp3) is 0.188. The zero-order valence-corrected chi connectivity index (χ0v) is 11.0. The van der Waals surface area contributed by atoms with Crippen molar-refractivity contribution in [3.63, 3.8) is 0 Å². The highest BCUT2D eigenvalue weighted by atomic mass is 16.1. The fourth-order valence-corrected chi connectivity index (χ4v) is 2.26. The largest absolute Gasteiger partial charge is 0.280 e. The lowest BCUT2D eigenvalue weighted by molar-refractivity contribution is 0.0946. The Balaban J connectivity index is 0.000000574. The van der Waals surface area contributed by atoms with Crippen molar-refractivity contribution in [2.45, 2.75) is 20.8 Å². The molecule has 18 heavy (non-hydrogen) atoms. The lowest BCUT2D eigenvalue weighted by Gasteiger charge is -2.00. The molecule has 92 valence electrons. The molecular weight excluding hydrogens is 222 g/mol. The molecule has 0 fully saturated rings. The maximum Gasteiger partial charge on any atom is 0.228 e. The van der Waals surface area contributed by atoms with E-state index < -0.39 is 0 Å². The molecule has 0 bridgehead atoms. The smallest absolute Gasteiger partial charge is 0.228 e. The molecule has 0 atom stereocenters. The van der Waals surface area contributed by atoms with Crippen LogP contribution >= 0.6 is 0 Å². The molecule has 0 spiro atoms. The molecule has 3 aromatic rings. The average Bonchev–Trinajstić information content (AvgIpc) is 2.75. The van der Waals surface area contributed by atoms with E-state index in [0.29, 0.717) is 0 Å². The number of carbonyl (C=O) groups is 1. The van der Waals surface area contributed by atoms with E-state index in [0.717, 1.165) is 21.8 Å². The van der Waals surface area contributed by atoms with Crippen LogP contribution in [0.15, 0.2) is 48.5 Å². The summed E-state index contributed by atoms with van der Waals surface area (Å²) in [4.78, 5) is 11.7. The highest BCUT2D eigenvalue weighted by molar-refractivity contribution is 6.12. The molecule has 0 radical (unpaired) electrons. The summed E-state index contributed by atoms with van der Waals surface area (Å²) in [5.41, 5.74) is 1.97. The second-order valence-electron chi connectivity index (χ2n) is 3.89. The summed E-state index contributed by atoms with van der Waals surface area (Å²) in [5, 5.41) is 2.27. The maximum absolute atomic E-state index is 11.7. The quantitative estimate of drug-likeness (QED) is 0.567. The lowest BCUT2D eigenvalue weighted by Crippen LogP contribution is -2.04. The number of benzene rings is 2. The van der Waals surface area contributed by atoms with Crippen LogP contribution in [-0.4, -0.2) is 10.5 Å². The minimum absolute atomic E-state index is 0.0531. The number of nitrogens with zero attached hydrogens (tertiary/aromatic N) is 1. The Morgan fingerprint density at radius 3 is 1.61 bits per heavy atom. The molecule has 0 amide bonds. The van der Waals surface area contributed by atoms with Crippen LogP contribution in [-0.2, 0) is 0 Å². The van der Waals surface area contributed by atoms with Crippen molar-refractivity contribution in [2.75, 3.05) is 0 Å². The number of hydrogen-bond acceptors (Lipinski definition) is 1. The first-order valence-electron chi connectivity index (χ1n) is 6.28. The van der Waals surface area contributed by atoms with Crippen molar-refractivity contribution in [1.29, 1.82) is 0 Å². The fourth-order valence-electron chi connectivity index (χ4n) is 2.26. The van der Waals surface area contributed by atoms with Crippen LogP contribution in [0.25, 0.3) is 21.8 Å². The monoisotopic (exact) mass is 239 g/mol. The summed E-state index contributed by atoms with van der Waals surface area (Å²) >= 11 is 0. The van der Waals surface area contributed by atoms with Crippen LogP contribution in [0.2, 0.25) is 0 Å². The molecule has 2 heteroatoms. The first kappa shape index (κ1) is 12.4. The molecule has 0 saturated heterocycles. The van der Waals surface area contributed by atoms with E-state index in [1.54, 1.807) is 11.5 Å². The van der Waals surface area contributed by atoms with Gasteiger partial charge in [0.2, 0.25) is 5.91 Å². The molecule has 0 unspecified atom stereocenters. The van der Waals surface area contributed by atoms with E-state index in [1.807, 2.05) is 50.2 Å². The number of fused-ring (bicyclic) bond motifs is 3. The molecule has 2 nitrogen and oxygen atoms in total. The third-order valence-corrected chi connectivity index (χ3v) is 2.89. The normalized spacial score (nSPS) is 10.2. The predicted molar refractivity (Wildman–Crippen MR) is 77.1 cm³/mol. The van der Waals surface area contributed by atoms with E-state index in [-0.39, 0.29) is 5.91 Å². The molecule has 0 aliphatic carbocycles. The van der Waals surface area contributed by atoms with Gasteiger partial charge in [0.05, 0.1) is 11.0 Å². The van der Waals surface area contributed by atoms with Crippen LogP contribution in [0.3, 0.4) is 0 Å². The van der Waals surface area contributed by atoms with Crippen LogP contribution < -0.4 is 0 Å². The van der Waals surface area contributed by atoms with Gasteiger partial charge in [0.1, 0.15) is 0 Å². The zero-order valence-electron chi connectivity index (χ0n) is 11.0. The molecule has 0 aliphatic heterocycles. The van der Waals surface area contributed by atoms with E-state index in [9.17, 15) is 4.79 Å². The first-order chi connectivity index (χ1) is 8.79. The van der Waals surface area contributed by atoms with Gasteiger partial charge >= 0.3 is 0 Å². The van der Waals surface area contributed by atoms with E-state index in [4.69, 9.17) is 0 Å². The Morgan fingerprint density at radius 1 is 0.833 bits per heavy atom. The number of para-hydroxylation sites is 2.